The Hall–Kier alpha value is -0.770. The maximum absolute atomic E-state index is 10.9. The molecule has 0 aliphatic rings. The summed E-state index contributed by atoms with van der Waals surface area (Å²) in [5, 5.41) is 5.56. The molecule has 0 spiro atoms. The normalized spacial score (nSPS) is 10.2. The Bertz CT molecular complexity index is 138. The molecule has 78 valence electrons. The highest BCUT2D eigenvalue weighted by Crippen LogP contribution is 1.98. The molecule has 4 nitrogen and oxygen atoms in total. The third-order valence-corrected chi connectivity index (χ3v) is 1.57. The van der Waals surface area contributed by atoms with Crippen molar-refractivity contribution in [3.05, 3.63) is 0 Å². The highest BCUT2D eigenvalue weighted by molar-refractivity contribution is 5.66. The number of hydrogen-bond donors (Lipinski definition) is 2. The number of hydrogen-bond acceptors (Lipinski definition) is 3. The Morgan fingerprint density at radius 3 is 2.62 bits per heavy atom. The van der Waals surface area contributed by atoms with Gasteiger partial charge in [0.25, 0.3) is 0 Å². The summed E-state index contributed by atoms with van der Waals surface area (Å²) < 4.78 is 4.92. The SMILES string of the molecule is CNCCNC(=O)OCCC(C)C. The third kappa shape index (κ3) is 9.14. The summed E-state index contributed by atoms with van der Waals surface area (Å²) in [6.45, 7) is 6.07. The lowest BCUT2D eigenvalue weighted by molar-refractivity contribution is 0.140. The molecule has 0 unspecified atom stereocenters. The van der Waals surface area contributed by atoms with E-state index in [0.29, 0.717) is 19.1 Å². The minimum absolute atomic E-state index is 0.323. The monoisotopic (exact) mass is 188 g/mol. The molecule has 0 aromatic carbocycles. The number of likely N-dealkylation sites (N-methyl/N-ethyl adjacent to an activating group) is 1. The van der Waals surface area contributed by atoms with Gasteiger partial charge < -0.3 is 15.4 Å². The quantitative estimate of drug-likeness (QED) is 0.611. The van der Waals surface area contributed by atoms with Crippen LogP contribution >= 0.6 is 0 Å². The lowest BCUT2D eigenvalue weighted by Gasteiger charge is -2.07. The third-order valence-electron chi connectivity index (χ3n) is 1.57. The summed E-state index contributed by atoms with van der Waals surface area (Å²) in [5.74, 6) is 0.574. The Morgan fingerprint density at radius 1 is 1.38 bits per heavy atom. The molecule has 0 aliphatic heterocycles. The van der Waals surface area contributed by atoms with E-state index in [2.05, 4.69) is 24.5 Å². The van der Waals surface area contributed by atoms with Gasteiger partial charge in [0, 0.05) is 13.1 Å². The van der Waals surface area contributed by atoms with Crippen molar-refractivity contribution < 1.29 is 9.53 Å². The van der Waals surface area contributed by atoms with Crippen LogP contribution in [0, 0.1) is 5.92 Å². The second kappa shape index (κ2) is 7.86. The maximum atomic E-state index is 10.9. The van der Waals surface area contributed by atoms with Gasteiger partial charge in [-0.25, -0.2) is 4.79 Å². The highest BCUT2D eigenvalue weighted by atomic mass is 16.5. The van der Waals surface area contributed by atoms with Gasteiger partial charge in [-0.1, -0.05) is 13.8 Å². The fourth-order valence-electron chi connectivity index (χ4n) is 0.728. The number of nitrogens with one attached hydrogen (secondary N) is 2. The molecule has 0 saturated heterocycles. The van der Waals surface area contributed by atoms with E-state index < -0.39 is 0 Å². The molecule has 0 aliphatic carbocycles. The minimum atomic E-state index is -0.323. The summed E-state index contributed by atoms with van der Waals surface area (Å²) in [5.41, 5.74) is 0. The molecular weight excluding hydrogens is 168 g/mol. The van der Waals surface area contributed by atoms with E-state index in [9.17, 15) is 4.79 Å². The first kappa shape index (κ1) is 12.2. The van der Waals surface area contributed by atoms with Crippen molar-refractivity contribution in [3.8, 4) is 0 Å². The van der Waals surface area contributed by atoms with E-state index in [1.54, 1.807) is 0 Å². The van der Waals surface area contributed by atoms with Crippen molar-refractivity contribution in [2.75, 3.05) is 26.7 Å². The van der Waals surface area contributed by atoms with Crippen molar-refractivity contribution in [1.29, 1.82) is 0 Å². The Labute approximate surface area is 80.0 Å². The second-order valence-electron chi connectivity index (χ2n) is 3.35. The molecule has 0 fully saturated rings. The summed E-state index contributed by atoms with van der Waals surface area (Å²) in [4.78, 5) is 10.9. The van der Waals surface area contributed by atoms with Crippen LogP contribution in [0.5, 0.6) is 0 Å². The molecule has 4 heteroatoms. The number of rotatable bonds is 6. The predicted octanol–water partition coefficient (Wildman–Crippen LogP) is 0.978. The number of amides is 1. The lowest BCUT2D eigenvalue weighted by atomic mass is 10.1. The van der Waals surface area contributed by atoms with Crippen LogP contribution in [0.15, 0.2) is 0 Å². The summed E-state index contributed by atoms with van der Waals surface area (Å²) in [6.07, 6.45) is 0.593. The lowest BCUT2D eigenvalue weighted by Crippen LogP contribution is -2.31. The van der Waals surface area contributed by atoms with Gasteiger partial charge in [-0.15, -0.1) is 0 Å². The largest absolute Gasteiger partial charge is 0.450 e. The zero-order valence-electron chi connectivity index (χ0n) is 8.72. The van der Waals surface area contributed by atoms with Crippen LogP contribution in [0.2, 0.25) is 0 Å². The molecule has 0 heterocycles. The number of carbonyl (C=O) groups is 1. The van der Waals surface area contributed by atoms with Gasteiger partial charge in [0.05, 0.1) is 6.61 Å². The van der Waals surface area contributed by atoms with Crippen LogP contribution in [0.25, 0.3) is 0 Å². The Kier molecular flexibility index (Phi) is 7.39. The van der Waals surface area contributed by atoms with Crippen LogP contribution in [-0.2, 0) is 4.74 Å². The zero-order chi connectivity index (χ0) is 10.1. The summed E-state index contributed by atoms with van der Waals surface area (Å²) in [6, 6.07) is 0. The van der Waals surface area contributed by atoms with E-state index in [4.69, 9.17) is 4.74 Å². The molecule has 0 rings (SSSR count). The first-order chi connectivity index (χ1) is 6.16. The highest BCUT2D eigenvalue weighted by Gasteiger charge is 2.00. The van der Waals surface area contributed by atoms with Crippen molar-refractivity contribution in [2.45, 2.75) is 20.3 Å². The molecule has 13 heavy (non-hydrogen) atoms. The molecule has 0 aromatic rings. The van der Waals surface area contributed by atoms with Crippen molar-refractivity contribution >= 4 is 6.09 Å². The topological polar surface area (TPSA) is 50.4 Å². The number of ether oxygens (including phenoxy) is 1. The number of carbonyl (C=O) groups excluding carboxylic acids is 1. The van der Waals surface area contributed by atoms with Crippen molar-refractivity contribution in [3.63, 3.8) is 0 Å². The fourth-order valence-corrected chi connectivity index (χ4v) is 0.728. The average molecular weight is 188 g/mol. The van der Waals surface area contributed by atoms with E-state index in [1.165, 1.54) is 0 Å². The summed E-state index contributed by atoms with van der Waals surface area (Å²) >= 11 is 0. The van der Waals surface area contributed by atoms with Gasteiger partial charge in [0.1, 0.15) is 0 Å². The van der Waals surface area contributed by atoms with Crippen LogP contribution in [0.4, 0.5) is 4.79 Å². The first-order valence-electron chi connectivity index (χ1n) is 4.72. The minimum Gasteiger partial charge on any atom is -0.450 e. The van der Waals surface area contributed by atoms with Gasteiger partial charge in [-0.3, -0.25) is 0 Å². The van der Waals surface area contributed by atoms with Crippen LogP contribution < -0.4 is 10.6 Å². The Balaban J connectivity index is 3.20. The van der Waals surface area contributed by atoms with E-state index in [0.717, 1.165) is 13.0 Å². The molecule has 2 N–H and O–H groups in total. The first-order valence-corrected chi connectivity index (χ1v) is 4.72. The van der Waals surface area contributed by atoms with Gasteiger partial charge in [0.2, 0.25) is 0 Å². The van der Waals surface area contributed by atoms with Crippen LogP contribution in [0.3, 0.4) is 0 Å². The smallest absolute Gasteiger partial charge is 0.407 e. The molecule has 0 aromatic heterocycles. The van der Waals surface area contributed by atoms with E-state index >= 15 is 0 Å². The van der Waals surface area contributed by atoms with Gasteiger partial charge in [-0.05, 0) is 19.4 Å². The average Bonchev–Trinajstić information content (AvgIpc) is 2.04. The second-order valence-corrected chi connectivity index (χ2v) is 3.35. The molecule has 0 atom stereocenters. The molecular formula is C9H20N2O2. The maximum Gasteiger partial charge on any atom is 0.407 e. The van der Waals surface area contributed by atoms with Crippen molar-refractivity contribution in [2.24, 2.45) is 5.92 Å². The van der Waals surface area contributed by atoms with Gasteiger partial charge in [-0.2, -0.15) is 0 Å². The van der Waals surface area contributed by atoms with Crippen LogP contribution in [-0.4, -0.2) is 32.8 Å². The van der Waals surface area contributed by atoms with Crippen molar-refractivity contribution in [1.82, 2.24) is 10.6 Å². The van der Waals surface area contributed by atoms with Gasteiger partial charge in [0.15, 0.2) is 0 Å². The molecule has 0 bridgehead atoms. The molecule has 0 saturated carbocycles. The summed E-state index contributed by atoms with van der Waals surface area (Å²) in [7, 11) is 1.84. The van der Waals surface area contributed by atoms with Gasteiger partial charge >= 0.3 is 6.09 Å². The predicted molar refractivity (Wildman–Crippen MR) is 52.7 cm³/mol. The Morgan fingerprint density at radius 2 is 2.08 bits per heavy atom. The fraction of sp³-hybridized carbons (Fsp3) is 0.889. The number of alkyl carbamates (subject to hydrolysis) is 1. The molecule has 0 radical (unpaired) electrons. The molecule has 1 amide bonds. The zero-order valence-corrected chi connectivity index (χ0v) is 8.72. The standard InChI is InChI=1S/C9H20N2O2/c1-8(2)4-7-13-9(12)11-6-5-10-3/h8,10H,4-7H2,1-3H3,(H,11,12). The van der Waals surface area contributed by atoms with Crippen LogP contribution in [0.1, 0.15) is 20.3 Å². The van der Waals surface area contributed by atoms with E-state index in [1.807, 2.05) is 7.05 Å². The van der Waals surface area contributed by atoms with E-state index in [-0.39, 0.29) is 6.09 Å².